The maximum absolute atomic E-state index is 8.80. The van der Waals surface area contributed by atoms with E-state index < -0.39 is 0 Å². The molecule has 4 nitrogen and oxygen atoms in total. The Morgan fingerprint density at radius 3 is 2.94 bits per heavy atom. The maximum atomic E-state index is 8.80. The quantitative estimate of drug-likeness (QED) is 0.885. The normalized spacial score (nSPS) is 10.7. The molecule has 16 heavy (non-hydrogen) atoms. The summed E-state index contributed by atoms with van der Waals surface area (Å²) in [6, 6.07) is 5.59. The molecule has 2 aromatic rings. The van der Waals surface area contributed by atoms with Gasteiger partial charge < -0.3 is 5.11 Å². The monoisotopic (exact) mass is 237 g/mol. The van der Waals surface area contributed by atoms with Crippen LogP contribution in [0.25, 0.3) is 5.69 Å². The highest BCUT2D eigenvalue weighted by Gasteiger charge is 2.05. The van der Waals surface area contributed by atoms with Crippen LogP contribution in [0, 0.1) is 6.92 Å². The van der Waals surface area contributed by atoms with E-state index in [-0.39, 0.29) is 6.61 Å². The lowest BCUT2D eigenvalue weighted by atomic mass is 10.2. The summed E-state index contributed by atoms with van der Waals surface area (Å²) in [5.74, 6) is 0. The minimum absolute atomic E-state index is 0.0816. The molecule has 1 heterocycles. The van der Waals surface area contributed by atoms with Crippen LogP contribution in [0.4, 0.5) is 0 Å². The molecule has 84 valence electrons. The van der Waals surface area contributed by atoms with Crippen LogP contribution in [0.3, 0.4) is 0 Å². The van der Waals surface area contributed by atoms with Gasteiger partial charge >= 0.3 is 0 Å². The molecular weight excluding hydrogens is 226 g/mol. The number of nitrogens with zero attached hydrogens (tertiary/aromatic N) is 3. The average molecular weight is 238 g/mol. The third kappa shape index (κ3) is 2.23. The van der Waals surface area contributed by atoms with Crippen LogP contribution >= 0.6 is 11.6 Å². The standard InChI is InChI=1S/C11H12ClN3O/c1-8-6-9(12)2-3-11(8)15-7-10(4-5-16)13-14-15/h2-3,6-7,16H,4-5H2,1H3. The molecule has 0 aliphatic rings. The number of benzene rings is 1. The van der Waals surface area contributed by atoms with E-state index in [9.17, 15) is 0 Å². The van der Waals surface area contributed by atoms with Crippen LogP contribution in [0.15, 0.2) is 24.4 Å². The Morgan fingerprint density at radius 1 is 1.44 bits per heavy atom. The van der Waals surface area contributed by atoms with Gasteiger partial charge in [-0.15, -0.1) is 5.10 Å². The van der Waals surface area contributed by atoms with Crippen molar-refractivity contribution in [1.82, 2.24) is 15.0 Å². The lowest BCUT2D eigenvalue weighted by molar-refractivity contribution is 0.298. The van der Waals surface area contributed by atoms with Crippen molar-refractivity contribution in [3.8, 4) is 5.69 Å². The van der Waals surface area contributed by atoms with Gasteiger partial charge in [0.1, 0.15) is 0 Å². The van der Waals surface area contributed by atoms with Crippen molar-refractivity contribution in [2.45, 2.75) is 13.3 Å². The van der Waals surface area contributed by atoms with Crippen LogP contribution in [-0.4, -0.2) is 26.7 Å². The van der Waals surface area contributed by atoms with Crippen LogP contribution in [0.1, 0.15) is 11.3 Å². The molecule has 2 rings (SSSR count). The number of aliphatic hydroxyl groups is 1. The Labute approximate surface area is 98.5 Å². The van der Waals surface area contributed by atoms with Gasteiger partial charge in [-0.1, -0.05) is 16.8 Å². The fourth-order valence-electron chi connectivity index (χ4n) is 1.52. The number of hydrogen-bond donors (Lipinski definition) is 1. The highest BCUT2D eigenvalue weighted by atomic mass is 35.5. The first-order valence-electron chi connectivity index (χ1n) is 4.99. The molecule has 0 bridgehead atoms. The van der Waals surface area contributed by atoms with E-state index >= 15 is 0 Å². The summed E-state index contributed by atoms with van der Waals surface area (Å²) in [5, 5.41) is 17.5. The Hall–Kier alpha value is -1.39. The van der Waals surface area contributed by atoms with Crippen molar-refractivity contribution in [1.29, 1.82) is 0 Å². The van der Waals surface area contributed by atoms with Gasteiger partial charge in [0.05, 0.1) is 17.6 Å². The van der Waals surface area contributed by atoms with E-state index in [1.807, 2.05) is 31.3 Å². The molecule has 0 saturated carbocycles. The third-order valence-electron chi connectivity index (χ3n) is 2.31. The predicted octanol–water partition coefficient (Wildman–Crippen LogP) is 1.76. The van der Waals surface area contributed by atoms with Crippen molar-refractivity contribution >= 4 is 11.6 Å². The number of aryl methyl sites for hydroxylation is 1. The first-order valence-corrected chi connectivity index (χ1v) is 5.37. The van der Waals surface area contributed by atoms with Crippen LogP contribution in [0.2, 0.25) is 5.02 Å². The Morgan fingerprint density at radius 2 is 2.25 bits per heavy atom. The van der Waals surface area contributed by atoms with Crippen molar-refractivity contribution in [3.63, 3.8) is 0 Å². The minimum Gasteiger partial charge on any atom is -0.396 e. The van der Waals surface area contributed by atoms with Gasteiger partial charge in [0.25, 0.3) is 0 Å². The number of hydrogen-bond acceptors (Lipinski definition) is 3. The van der Waals surface area contributed by atoms with E-state index in [4.69, 9.17) is 16.7 Å². The summed E-state index contributed by atoms with van der Waals surface area (Å²) in [6.07, 6.45) is 2.33. The molecule has 0 saturated heterocycles. The average Bonchev–Trinajstić information content (AvgIpc) is 2.67. The van der Waals surface area contributed by atoms with Gasteiger partial charge in [-0.25, -0.2) is 4.68 Å². The largest absolute Gasteiger partial charge is 0.396 e. The van der Waals surface area contributed by atoms with E-state index in [1.165, 1.54) is 0 Å². The zero-order chi connectivity index (χ0) is 11.5. The summed E-state index contributed by atoms with van der Waals surface area (Å²) in [4.78, 5) is 0. The fourth-order valence-corrected chi connectivity index (χ4v) is 1.75. The van der Waals surface area contributed by atoms with Crippen molar-refractivity contribution in [3.05, 3.63) is 40.7 Å². The summed E-state index contributed by atoms with van der Waals surface area (Å²) >= 11 is 5.88. The molecule has 1 aromatic carbocycles. The molecular formula is C11H12ClN3O. The van der Waals surface area contributed by atoms with E-state index in [2.05, 4.69) is 10.3 Å². The number of aromatic nitrogens is 3. The Bertz CT molecular complexity index is 496. The molecule has 0 atom stereocenters. The molecule has 0 unspecified atom stereocenters. The van der Waals surface area contributed by atoms with Gasteiger partial charge in [0, 0.05) is 18.1 Å². The van der Waals surface area contributed by atoms with Crippen molar-refractivity contribution < 1.29 is 5.11 Å². The summed E-state index contributed by atoms with van der Waals surface area (Å²) in [7, 11) is 0. The van der Waals surface area contributed by atoms with Crippen molar-refractivity contribution in [2.75, 3.05) is 6.61 Å². The van der Waals surface area contributed by atoms with Crippen molar-refractivity contribution in [2.24, 2.45) is 0 Å². The molecule has 0 aliphatic carbocycles. The lowest BCUT2D eigenvalue weighted by Crippen LogP contribution is -1.97. The maximum Gasteiger partial charge on any atom is 0.0854 e. The number of halogens is 1. The molecule has 1 aromatic heterocycles. The Balaban J connectivity index is 2.35. The second kappa shape index (κ2) is 4.63. The molecule has 0 spiro atoms. The van der Waals surface area contributed by atoms with Gasteiger partial charge in [0.15, 0.2) is 0 Å². The first-order chi connectivity index (χ1) is 7.70. The second-order valence-corrected chi connectivity index (χ2v) is 4.00. The van der Waals surface area contributed by atoms with E-state index in [0.717, 1.165) is 16.9 Å². The van der Waals surface area contributed by atoms with Gasteiger partial charge in [-0.05, 0) is 30.7 Å². The fraction of sp³-hybridized carbons (Fsp3) is 0.273. The molecule has 1 N–H and O–H groups in total. The molecule has 0 aliphatic heterocycles. The van der Waals surface area contributed by atoms with Gasteiger partial charge in [-0.2, -0.15) is 0 Å². The SMILES string of the molecule is Cc1cc(Cl)ccc1-n1cc(CCO)nn1. The highest BCUT2D eigenvalue weighted by molar-refractivity contribution is 6.30. The zero-order valence-electron chi connectivity index (χ0n) is 8.89. The smallest absolute Gasteiger partial charge is 0.0854 e. The number of rotatable bonds is 3. The molecule has 0 amide bonds. The summed E-state index contributed by atoms with van der Waals surface area (Å²) in [5.41, 5.74) is 2.76. The minimum atomic E-state index is 0.0816. The second-order valence-electron chi connectivity index (χ2n) is 3.56. The Kier molecular flexibility index (Phi) is 3.22. The van der Waals surface area contributed by atoms with E-state index in [0.29, 0.717) is 11.4 Å². The molecule has 5 heteroatoms. The molecule has 0 fully saturated rings. The lowest BCUT2D eigenvalue weighted by Gasteiger charge is -2.04. The highest BCUT2D eigenvalue weighted by Crippen LogP contribution is 2.18. The first kappa shape index (κ1) is 11.1. The van der Waals surface area contributed by atoms with Gasteiger partial charge in [0.2, 0.25) is 0 Å². The molecule has 0 radical (unpaired) electrons. The third-order valence-corrected chi connectivity index (χ3v) is 2.55. The predicted molar refractivity (Wildman–Crippen MR) is 61.9 cm³/mol. The topological polar surface area (TPSA) is 50.9 Å². The summed E-state index contributed by atoms with van der Waals surface area (Å²) in [6.45, 7) is 2.05. The number of aliphatic hydroxyl groups excluding tert-OH is 1. The van der Waals surface area contributed by atoms with Gasteiger partial charge in [-0.3, -0.25) is 0 Å². The van der Waals surface area contributed by atoms with Crippen LogP contribution in [0.5, 0.6) is 0 Å². The van der Waals surface area contributed by atoms with Crippen LogP contribution in [-0.2, 0) is 6.42 Å². The summed E-state index contributed by atoms with van der Waals surface area (Å²) < 4.78 is 1.69. The van der Waals surface area contributed by atoms with Crippen LogP contribution < -0.4 is 0 Å². The van der Waals surface area contributed by atoms with E-state index in [1.54, 1.807) is 4.68 Å². The zero-order valence-corrected chi connectivity index (χ0v) is 9.65.